The lowest BCUT2D eigenvalue weighted by atomic mass is 9.86. The van der Waals surface area contributed by atoms with Crippen molar-refractivity contribution in [1.29, 1.82) is 0 Å². The number of carbonyl (C=O) groups excluding carboxylic acids is 1. The molecule has 1 aromatic rings. The van der Waals surface area contributed by atoms with Gasteiger partial charge in [-0.2, -0.15) is 4.31 Å². The van der Waals surface area contributed by atoms with Crippen molar-refractivity contribution < 1.29 is 13.2 Å². The van der Waals surface area contributed by atoms with Gasteiger partial charge in [-0.15, -0.1) is 0 Å². The van der Waals surface area contributed by atoms with Crippen LogP contribution in [-0.4, -0.2) is 63.8 Å². The van der Waals surface area contributed by atoms with Crippen molar-refractivity contribution >= 4 is 21.6 Å². The summed E-state index contributed by atoms with van der Waals surface area (Å²) in [5.74, 6) is -0.0124. The first-order valence-electron chi connectivity index (χ1n) is 7.77. The molecule has 1 saturated heterocycles. The van der Waals surface area contributed by atoms with Gasteiger partial charge in [-0.1, -0.05) is 0 Å². The van der Waals surface area contributed by atoms with Gasteiger partial charge < -0.3 is 9.80 Å². The molecular formula is C16H23N3O3S. The maximum atomic E-state index is 12.9. The molecule has 0 saturated carbocycles. The van der Waals surface area contributed by atoms with Gasteiger partial charge in [-0.25, -0.2) is 8.42 Å². The molecule has 2 aliphatic rings. The summed E-state index contributed by atoms with van der Waals surface area (Å²) in [4.78, 5) is 16.3. The molecule has 0 unspecified atom stereocenters. The summed E-state index contributed by atoms with van der Waals surface area (Å²) in [5, 5.41) is 0. The number of likely N-dealkylation sites (N-methyl/N-ethyl adjacent to an activating group) is 2. The van der Waals surface area contributed by atoms with Crippen LogP contribution in [0.1, 0.15) is 19.4 Å². The minimum Gasteiger partial charge on any atom is -0.314 e. The number of fused-ring (bicyclic) bond motifs is 1. The van der Waals surface area contributed by atoms with E-state index in [4.69, 9.17) is 0 Å². The average Bonchev–Trinajstić information content (AvgIpc) is 2.69. The van der Waals surface area contributed by atoms with E-state index in [1.807, 2.05) is 20.9 Å². The molecule has 2 heterocycles. The third-order valence-corrected chi connectivity index (χ3v) is 6.84. The Morgan fingerprint density at radius 3 is 2.26 bits per heavy atom. The zero-order chi connectivity index (χ0) is 17.0. The number of nitrogens with zero attached hydrogens (tertiary/aromatic N) is 3. The molecule has 0 aliphatic carbocycles. The molecule has 1 aromatic carbocycles. The Morgan fingerprint density at radius 1 is 1.04 bits per heavy atom. The second-order valence-electron chi connectivity index (χ2n) is 6.88. The van der Waals surface area contributed by atoms with Crippen LogP contribution in [0.25, 0.3) is 0 Å². The number of sulfonamides is 1. The quantitative estimate of drug-likeness (QED) is 0.804. The zero-order valence-electron chi connectivity index (χ0n) is 14.0. The molecule has 0 N–H and O–H groups in total. The Kier molecular flexibility index (Phi) is 3.78. The summed E-state index contributed by atoms with van der Waals surface area (Å²) in [6, 6.07) is 5.02. The number of carbonyl (C=O) groups is 1. The lowest BCUT2D eigenvalue weighted by Gasteiger charge is -2.31. The van der Waals surface area contributed by atoms with Crippen LogP contribution in [0, 0.1) is 0 Å². The van der Waals surface area contributed by atoms with Gasteiger partial charge in [-0.3, -0.25) is 4.79 Å². The fourth-order valence-electron chi connectivity index (χ4n) is 3.29. The van der Waals surface area contributed by atoms with Crippen LogP contribution in [0.15, 0.2) is 23.1 Å². The van der Waals surface area contributed by atoms with Crippen molar-refractivity contribution in [1.82, 2.24) is 9.21 Å². The fourth-order valence-corrected chi connectivity index (χ4v) is 4.74. The van der Waals surface area contributed by atoms with Crippen LogP contribution in [0.3, 0.4) is 0 Å². The van der Waals surface area contributed by atoms with E-state index < -0.39 is 15.4 Å². The summed E-state index contributed by atoms with van der Waals surface area (Å²) in [5.41, 5.74) is 0.870. The molecule has 0 atom stereocenters. The Hall–Kier alpha value is -1.44. The second-order valence-corrected chi connectivity index (χ2v) is 8.81. The van der Waals surface area contributed by atoms with Gasteiger partial charge in [0.1, 0.15) is 0 Å². The van der Waals surface area contributed by atoms with Gasteiger partial charge in [0.15, 0.2) is 0 Å². The molecule has 0 aromatic heterocycles. The van der Waals surface area contributed by atoms with Crippen LogP contribution < -0.4 is 4.90 Å². The number of hydrogen-bond acceptors (Lipinski definition) is 4. The largest absolute Gasteiger partial charge is 0.314 e. The molecule has 1 amide bonds. The molecule has 126 valence electrons. The molecule has 0 bridgehead atoms. The van der Waals surface area contributed by atoms with Crippen molar-refractivity contribution in [3.8, 4) is 0 Å². The van der Waals surface area contributed by atoms with E-state index in [-0.39, 0.29) is 10.8 Å². The van der Waals surface area contributed by atoms with Crippen LogP contribution in [0.5, 0.6) is 0 Å². The van der Waals surface area contributed by atoms with Crippen molar-refractivity contribution in [2.24, 2.45) is 0 Å². The predicted molar refractivity (Wildman–Crippen MR) is 89.1 cm³/mol. The van der Waals surface area contributed by atoms with Crippen LogP contribution in [0.4, 0.5) is 5.69 Å². The Balaban J connectivity index is 2.00. The van der Waals surface area contributed by atoms with E-state index in [1.54, 1.807) is 30.1 Å². The van der Waals surface area contributed by atoms with Crippen molar-refractivity contribution in [2.75, 3.05) is 45.2 Å². The highest BCUT2D eigenvalue weighted by molar-refractivity contribution is 7.89. The molecule has 0 spiro atoms. The topological polar surface area (TPSA) is 60.9 Å². The van der Waals surface area contributed by atoms with Crippen molar-refractivity contribution in [3.63, 3.8) is 0 Å². The highest BCUT2D eigenvalue weighted by atomic mass is 32.2. The summed E-state index contributed by atoms with van der Waals surface area (Å²) in [6.07, 6.45) is 0. The van der Waals surface area contributed by atoms with Gasteiger partial charge in [-0.05, 0) is 44.7 Å². The maximum absolute atomic E-state index is 12.9. The van der Waals surface area contributed by atoms with Gasteiger partial charge >= 0.3 is 0 Å². The van der Waals surface area contributed by atoms with E-state index >= 15 is 0 Å². The monoisotopic (exact) mass is 337 g/mol. The van der Waals surface area contributed by atoms with E-state index in [9.17, 15) is 13.2 Å². The summed E-state index contributed by atoms with van der Waals surface area (Å²) in [7, 11) is 0.201. The Morgan fingerprint density at radius 2 is 1.65 bits per heavy atom. The number of benzene rings is 1. The predicted octanol–water partition coefficient (Wildman–Crippen LogP) is 0.877. The van der Waals surface area contributed by atoms with Crippen molar-refractivity contribution in [2.45, 2.75) is 24.2 Å². The molecule has 6 nitrogen and oxygen atoms in total. The highest BCUT2D eigenvalue weighted by Gasteiger charge is 2.43. The van der Waals surface area contributed by atoms with Gasteiger partial charge in [0, 0.05) is 38.9 Å². The number of hydrogen-bond donors (Lipinski definition) is 0. The standard InChI is InChI=1S/C16H23N3O3S/c1-16(2)13-11-12(5-6-14(13)18(4)15(16)20)23(21,22)19-9-7-17(3)8-10-19/h5-6,11H,7-10H2,1-4H3. The van der Waals surface area contributed by atoms with Crippen molar-refractivity contribution in [3.05, 3.63) is 23.8 Å². The van der Waals surface area contributed by atoms with Gasteiger partial charge in [0.25, 0.3) is 0 Å². The van der Waals surface area contributed by atoms with Gasteiger partial charge in [0.05, 0.1) is 10.3 Å². The van der Waals surface area contributed by atoms with E-state index in [0.29, 0.717) is 13.1 Å². The maximum Gasteiger partial charge on any atom is 0.243 e. The molecule has 1 fully saturated rings. The van der Waals surface area contributed by atoms with Crippen LogP contribution in [-0.2, 0) is 20.2 Å². The third kappa shape index (κ3) is 2.47. The zero-order valence-corrected chi connectivity index (χ0v) is 14.9. The summed E-state index contributed by atoms with van der Waals surface area (Å²) < 4.78 is 27.3. The lowest BCUT2D eigenvalue weighted by molar-refractivity contribution is -0.121. The number of piperazine rings is 1. The first-order valence-corrected chi connectivity index (χ1v) is 9.21. The van der Waals surface area contributed by atoms with E-state index in [2.05, 4.69) is 4.90 Å². The van der Waals surface area contributed by atoms with E-state index in [1.165, 1.54) is 4.31 Å². The molecular weight excluding hydrogens is 314 g/mol. The summed E-state index contributed by atoms with van der Waals surface area (Å²) in [6.45, 7) is 6.14. The minimum atomic E-state index is -3.52. The second kappa shape index (κ2) is 5.29. The summed E-state index contributed by atoms with van der Waals surface area (Å²) >= 11 is 0. The third-order valence-electron chi connectivity index (χ3n) is 4.94. The minimum absolute atomic E-state index is 0.0124. The number of rotatable bonds is 2. The molecule has 3 rings (SSSR count). The van der Waals surface area contributed by atoms with Gasteiger partial charge in [0.2, 0.25) is 15.9 Å². The average molecular weight is 337 g/mol. The Bertz CT molecular complexity index is 750. The smallest absolute Gasteiger partial charge is 0.243 e. The van der Waals surface area contributed by atoms with Crippen LogP contribution in [0.2, 0.25) is 0 Å². The normalized spacial score (nSPS) is 22.4. The molecule has 7 heteroatoms. The first kappa shape index (κ1) is 16.4. The Labute approximate surface area is 137 Å². The lowest BCUT2D eigenvalue weighted by Crippen LogP contribution is -2.47. The number of anilines is 1. The number of amides is 1. The molecule has 23 heavy (non-hydrogen) atoms. The molecule has 2 aliphatic heterocycles. The molecule has 0 radical (unpaired) electrons. The van der Waals surface area contributed by atoms with E-state index in [0.717, 1.165) is 24.3 Å². The SMILES string of the molecule is CN1CCN(S(=O)(=O)c2ccc3c(c2)C(C)(C)C(=O)N3C)CC1. The fraction of sp³-hybridized carbons (Fsp3) is 0.562. The first-order chi connectivity index (χ1) is 10.7. The highest BCUT2D eigenvalue weighted by Crippen LogP contribution is 2.41. The van der Waals surface area contributed by atoms with Crippen LogP contribution >= 0.6 is 0 Å².